The fourth-order valence-corrected chi connectivity index (χ4v) is 1.92. The summed E-state index contributed by atoms with van der Waals surface area (Å²) < 4.78 is 46.1. The number of nitrogens with zero attached hydrogens (tertiary/aromatic N) is 1. The zero-order valence-electron chi connectivity index (χ0n) is 11.2. The van der Waals surface area contributed by atoms with E-state index < -0.39 is 45.3 Å². The predicted octanol–water partition coefficient (Wildman–Crippen LogP) is 1.77. The Hall–Kier alpha value is -2.51. The van der Waals surface area contributed by atoms with Crippen LogP contribution in [0.2, 0.25) is 0 Å². The van der Waals surface area contributed by atoms with Gasteiger partial charge in [0.2, 0.25) is 5.43 Å². The van der Waals surface area contributed by atoms with Crippen LogP contribution in [0.3, 0.4) is 0 Å². The molecule has 5 nitrogen and oxygen atoms in total. The van der Waals surface area contributed by atoms with Crippen LogP contribution in [-0.4, -0.2) is 24.3 Å². The van der Waals surface area contributed by atoms with E-state index in [9.17, 15) is 22.8 Å². The molecule has 0 saturated heterocycles. The van der Waals surface area contributed by atoms with Crippen molar-refractivity contribution in [1.82, 2.24) is 4.68 Å². The number of esters is 1. The van der Waals surface area contributed by atoms with E-state index in [4.69, 9.17) is 4.74 Å². The van der Waals surface area contributed by atoms with Gasteiger partial charge in [-0.1, -0.05) is 0 Å². The van der Waals surface area contributed by atoms with E-state index in [-0.39, 0.29) is 6.61 Å². The molecule has 112 valence electrons. The molecule has 0 spiro atoms. The van der Waals surface area contributed by atoms with Crippen molar-refractivity contribution in [3.63, 3.8) is 0 Å². The zero-order valence-corrected chi connectivity index (χ0v) is 11.2. The maximum atomic E-state index is 13.8. The summed E-state index contributed by atoms with van der Waals surface area (Å²) in [7, 11) is 1.36. The summed E-state index contributed by atoms with van der Waals surface area (Å²) >= 11 is 0. The molecule has 0 bridgehead atoms. The molecule has 21 heavy (non-hydrogen) atoms. The quantitative estimate of drug-likeness (QED) is 0.693. The SMILES string of the molecule is CCOC(=O)c1cn(NC)c2c(F)c(F)c(F)cc2c1=O. The summed E-state index contributed by atoms with van der Waals surface area (Å²) in [6, 6.07) is 0.548. The van der Waals surface area contributed by atoms with Gasteiger partial charge in [0.15, 0.2) is 17.5 Å². The molecule has 8 heteroatoms. The number of fused-ring (bicyclic) bond motifs is 1. The van der Waals surface area contributed by atoms with Gasteiger partial charge in [-0.05, 0) is 13.0 Å². The second-order valence-corrected chi connectivity index (χ2v) is 4.07. The number of rotatable bonds is 3. The van der Waals surface area contributed by atoms with Gasteiger partial charge in [-0.3, -0.25) is 9.47 Å². The fourth-order valence-electron chi connectivity index (χ4n) is 1.92. The Balaban J connectivity index is 2.90. The summed E-state index contributed by atoms with van der Waals surface area (Å²) in [5.74, 6) is -5.67. The Labute approximate surface area is 116 Å². The number of carbonyl (C=O) groups excluding carboxylic acids is 1. The summed E-state index contributed by atoms with van der Waals surface area (Å²) in [6.07, 6.45) is 0.975. The summed E-state index contributed by atoms with van der Waals surface area (Å²) in [6.45, 7) is 1.58. The van der Waals surface area contributed by atoms with Crippen LogP contribution >= 0.6 is 0 Å². The van der Waals surface area contributed by atoms with Crippen molar-refractivity contribution >= 4 is 16.9 Å². The monoisotopic (exact) mass is 300 g/mol. The highest BCUT2D eigenvalue weighted by atomic mass is 19.2. The molecule has 1 aromatic carbocycles. The Morgan fingerprint density at radius 1 is 1.33 bits per heavy atom. The molecule has 0 aliphatic rings. The summed E-state index contributed by atoms with van der Waals surface area (Å²) in [4.78, 5) is 23.8. The molecule has 0 unspecified atom stereocenters. The first kappa shape index (κ1) is 14.9. The second-order valence-electron chi connectivity index (χ2n) is 4.07. The minimum atomic E-state index is -1.70. The van der Waals surface area contributed by atoms with Crippen LogP contribution < -0.4 is 10.9 Å². The zero-order chi connectivity index (χ0) is 15.7. The Bertz CT molecular complexity index is 787. The number of hydrogen-bond donors (Lipinski definition) is 1. The second kappa shape index (κ2) is 5.47. The van der Waals surface area contributed by atoms with Crippen LogP contribution in [0.15, 0.2) is 17.1 Å². The number of ether oxygens (including phenoxy) is 1. The molecule has 0 amide bonds. The van der Waals surface area contributed by atoms with Crippen molar-refractivity contribution in [2.24, 2.45) is 0 Å². The average Bonchev–Trinajstić information content (AvgIpc) is 2.46. The Morgan fingerprint density at radius 3 is 2.57 bits per heavy atom. The molecule has 1 heterocycles. The molecule has 0 saturated carbocycles. The molecular weight excluding hydrogens is 289 g/mol. The number of pyridine rings is 1. The molecule has 0 aliphatic carbocycles. The normalized spacial score (nSPS) is 10.7. The lowest BCUT2D eigenvalue weighted by Crippen LogP contribution is -2.24. The molecule has 2 rings (SSSR count). The average molecular weight is 300 g/mol. The lowest BCUT2D eigenvalue weighted by Gasteiger charge is -2.13. The van der Waals surface area contributed by atoms with Gasteiger partial charge in [0.25, 0.3) is 0 Å². The van der Waals surface area contributed by atoms with E-state index >= 15 is 0 Å². The van der Waals surface area contributed by atoms with Crippen LogP contribution in [0.5, 0.6) is 0 Å². The van der Waals surface area contributed by atoms with Gasteiger partial charge in [0.05, 0.1) is 12.0 Å². The standard InChI is InChI=1S/C13H11F3N2O3/c1-3-21-13(20)7-5-18(17-2)11-6(12(7)19)4-8(14)9(15)10(11)16/h4-5,17H,3H2,1-2H3. The molecule has 0 aliphatic heterocycles. The molecule has 2 aromatic rings. The van der Waals surface area contributed by atoms with E-state index in [1.165, 1.54) is 7.05 Å². The van der Waals surface area contributed by atoms with Crippen molar-refractivity contribution in [2.45, 2.75) is 6.92 Å². The smallest absolute Gasteiger partial charge is 0.343 e. The number of nitrogens with one attached hydrogen (secondary N) is 1. The first-order valence-electron chi connectivity index (χ1n) is 6.00. The maximum Gasteiger partial charge on any atom is 0.343 e. The third kappa shape index (κ3) is 2.32. The van der Waals surface area contributed by atoms with Gasteiger partial charge in [0, 0.05) is 13.2 Å². The minimum Gasteiger partial charge on any atom is -0.462 e. The summed E-state index contributed by atoms with van der Waals surface area (Å²) in [5, 5.41) is -0.466. The van der Waals surface area contributed by atoms with Gasteiger partial charge < -0.3 is 10.2 Å². The van der Waals surface area contributed by atoms with E-state index in [0.29, 0.717) is 6.07 Å². The van der Waals surface area contributed by atoms with E-state index in [1.807, 2.05) is 0 Å². The third-order valence-electron chi connectivity index (χ3n) is 2.86. The number of halogens is 3. The Kier molecular flexibility index (Phi) is 3.88. The maximum absolute atomic E-state index is 13.8. The van der Waals surface area contributed by atoms with E-state index in [2.05, 4.69) is 5.43 Å². The van der Waals surface area contributed by atoms with Crippen LogP contribution in [0.4, 0.5) is 13.2 Å². The van der Waals surface area contributed by atoms with Crippen molar-refractivity contribution in [3.05, 3.63) is 45.5 Å². The van der Waals surface area contributed by atoms with Gasteiger partial charge in [0.1, 0.15) is 11.1 Å². The third-order valence-corrected chi connectivity index (χ3v) is 2.86. The first-order valence-corrected chi connectivity index (χ1v) is 6.00. The minimum absolute atomic E-state index is 0.0298. The number of carbonyl (C=O) groups is 1. The predicted molar refractivity (Wildman–Crippen MR) is 69.3 cm³/mol. The molecular formula is C13H11F3N2O3. The van der Waals surface area contributed by atoms with Crippen LogP contribution in [-0.2, 0) is 4.74 Å². The Morgan fingerprint density at radius 2 is 2.00 bits per heavy atom. The number of aromatic nitrogens is 1. The largest absolute Gasteiger partial charge is 0.462 e. The van der Waals surface area contributed by atoms with Crippen LogP contribution in [0.1, 0.15) is 17.3 Å². The van der Waals surface area contributed by atoms with Crippen LogP contribution in [0, 0.1) is 17.5 Å². The van der Waals surface area contributed by atoms with Crippen LogP contribution in [0.25, 0.3) is 10.9 Å². The van der Waals surface area contributed by atoms with Crippen molar-refractivity contribution in [1.29, 1.82) is 0 Å². The first-order chi connectivity index (χ1) is 9.92. The number of hydrogen-bond acceptors (Lipinski definition) is 4. The van der Waals surface area contributed by atoms with Gasteiger partial charge in [-0.15, -0.1) is 0 Å². The number of benzene rings is 1. The molecule has 0 radical (unpaired) electrons. The molecule has 0 fully saturated rings. The molecule has 1 aromatic heterocycles. The summed E-state index contributed by atoms with van der Waals surface area (Å²) in [5.41, 5.74) is 0.622. The molecule has 0 atom stereocenters. The van der Waals surface area contributed by atoms with Gasteiger partial charge in [-0.2, -0.15) is 0 Å². The van der Waals surface area contributed by atoms with Crippen molar-refractivity contribution in [3.8, 4) is 0 Å². The van der Waals surface area contributed by atoms with Crippen molar-refractivity contribution < 1.29 is 22.7 Å². The van der Waals surface area contributed by atoms with E-state index in [1.54, 1.807) is 6.92 Å². The molecule has 1 N–H and O–H groups in total. The topological polar surface area (TPSA) is 60.3 Å². The lowest BCUT2D eigenvalue weighted by atomic mass is 10.1. The van der Waals surface area contributed by atoms with Gasteiger partial charge >= 0.3 is 5.97 Å². The highest BCUT2D eigenvalue weighted by Gasteiger charge is 2.22. The van der Waals surface area contributed by atoms with Crippen molar-refractivity contribution in [2.75, 3.05) is 19.1 Å². The highest BCUT2D eigenvalue weighted by Crippen LogP contribution is 2.21. The fraction of sp³-hybridized carbons (Fsp3) is 0.231. The lowest BCUT2D eigenvalue weighted by molar-refractivity contribution is 0.0524. The highest BCUT2D eigenvalue weighted by molar-refractivity contribution is 5.94. The van der Waals surface area contributed by atoms with E-state index in [0.717, 1.165) is 10.9 Å². The van der Waals surface area contributed by atoms with Gasteiger partial charge in [-0.25, -0.2) is 18.0 Å².